The van der Waals surface area contributed by atoms with E-state index in [9.17, 15) is 4.79 Å². The predicted octanol–water partition coefficient (Wildman–Crippen LogP) is 1.89. The molecule has 2 atom stereocenters. The summed E-state index contributed by atoms with van der Waals surface area (Å²) >= 11 is 0. The summed E-state index contributed by atoms with van der Waals surface area (Å²) in [6.07, 6.45) is 1.41. The summed E-state index contributed by atoms with van der Waals surface area (Å²) in [4.78, 5) is 16.0. The van der Waals surface area contributed by atoms with E-state index in [0.717, 1.165) is 13.1 Å². The number of carbonyl (C=O) groups is 1. The normalized spacial score (nSPS) is 27.9. The lowest BCUT2D eigenvalue weighted by atomic mass is 9.98. The summed E-state index contributed by atoms with van der Waals surface area (Å²) < 4.78 is 0. The standard InChI is InChI=1S/C13H24N2O/c1-7-12(16)14-8-11(3)15(9-10(14)2)13(4,5)6/h7,10-11H,1,8-9H2,2-6H3/t10?,11-/m0/s1. The molecule has 0 spiro atoms. The van der Waals surface area contributed by atoms with Gasteiger partial charge < -0.3 is 4.90 Å². The van der Waals surface area contributed by atoms with Crippen molar-refractivity contribution < 1.29 is 4.79 Å². The van der Waals surface area contributed by atoms with Crippen molar-refractivity contribution in [1.82, 2.24) is 9.80 Å². The van der Waals surface area contributed by atoms with Gasteiger partial charge in [0.25, 0.3) is 0 Å². The molecule has 3 heteroatoms. The molecule has 1 heterocycles. The average molecular weight is 224 g/mol. The summed E-state index contributed by atoms with van der Waals surface area (Å²) in [5.74, 6) is 0.0490. The molecular formula is C13H24N2O. The monoisotopic (exact) mass is 224 g/mol. The van der Waals surface area contributed by atoms with Crippen LogP contribution in [0.2, 0.25) is 0 Å². The Balaban J connectivity index is 2.78. The Labute approximate surface area is 99.1 Å². The molecule has 1 saturated heterocycles. The van der Waals surface area contributed by atoms with Crippen LogP contribution in [0.15, 0.2) is 12.7 Å². The van der Waals surface area contributed by atoms with Crippen LogP contribution in [0.25, 0.3) is 0 Å². The molecule has 0 bridgehead atoms. The maximum Gasteiger partial charge on any atom is 0.246 e. The fraction of sp³-hybridized carbons (Fsp3) is 0.769. The zero-order chi connectivity index (χ0) is 12.5. The minimum absolute atomic E-state index is 0.0490. The molecule has 16 heavy (non-hydrogen) atoms. The highest BCUT2D eigenvalue weighted by Gasteiger charge is 2.35. The van der Waals surface area contributed by atoms with Crippen LogP contribution < -0.4 is 0 Å². The molecule has 3 nitrogen and oxygen atoms in total. The smallest absolute Gasteiger partial charge is 0.246 e. The molecule has 0 aromatic heterocycles. The lowest BCUT2D eigenvalue weighted by Crippen LogP contribution is -2.62. The molecule has 1 aliphatic heterocycles. The first-order valence-corrected chi connectivity index (χ1v) is 5.97. The van der Waals surface area contributed by atoms with Gasteiger partial charge in [0.2, 0.25) is 5.91 Å². The molecular weight excluding hydrogens is 200 g/mol. The van der Waals surface area contributed by atoms with Gasteiger partial charge in [-0.15, -0.1) is 0 Å². The molecule has 1 rings (SSSR count). The SMILES string of the molecule is C=CC(=O)N1C[C@H](C)N(C(C)(C)C)CC1C. The second-order valence-electron chi connectivity index (χ2n) is 5.72. The fourth-order valence-corrected chi connectivity index (χ4v) is 2.49. The van der Waals surface area contributed by atoms with Gasteiger partial charge in [-0.05, 0) is 40.7 Å². The van der Waals surface area contributed by atoms with E-state index in [1.807, 2.05) is 4.90 Å². The third kappa shape index (κ3) is 2.64. The van der Waals surface area contributed by atoms with Gasteiger partial charge in [0.1, 0.15) is 0 Å². The fourth-order valence-electron chi connectivity index (χ4n) is 2.49. The first-order chi connectivity index (χ1) is 7.27. The number of hydrogen-bond acceptors (Lipinski definition) is 2. The zero-order valence-electron chi connectivity index (χ0n) is 11.2. The highest BCUT2D eigenvalue weighted by Crippen LogP contribution is 2.23. The Hall–Kier alpha value is -0.830. The Bertz CT molecular complexity index is 280. The van der Waals surface area contributed by atoms with Gasteiger partial charge in [-0.3, -0.25) is 9.69 Å². The van der Waals surface area contributed by atoms with Crippen LogP contribution in [0.3, 0.4) is 0 Å². The van der Waals surface area contributed by atoms with Crippen molar-refractivity contribution in [2.75, 3.05) is 13.1 Å². The number of carbonyl (C=O) groups excluding carboxylic acids is 1. The molecule has 1 unspecified atom stereocenters. The van der Waals surface area contributed by atoms with Crippen LogP contribution in [0.1, 0.15) is 34.6 Å². The second kappa shape index (κ2) is 4.58. The predicted molar refractivity (Wildman–Crippen MR) is 67.3 cm³/mol. The van der Waals surface area contributed by atoms with Crippen molar-refractivity contribution in [3.05, 3.63) is 12.7 Å². The quantitative estimate of drug-likeness (QED) is 0.635. The van der Waals surface area contributed by atoms with Gasteiger partial charge in [0.15, 0.2) is 0 Å². The third-order valence-corrected chi connectivity index (χ3v) is 3.31. The number of rotatable bonds is 1. The molecule has 0 aromatic rings. The molecule has 0 aliphatic carbocycles. The van der Waals surface area contributed by atoms with E-state index in [2.05, 4.69) is 46.1 Å². The second-order valence-corrected chi connectivity index (χ2v) is 5.72. The van der Waals surface area contributed by atoms with Crippen LogP contribution in [-0.4, -0.2) is 46.4 Å². The van der Waals surface area contributed by atoms with Gasteiger partial charge in [-0.1, -0.05) is 6.58 Å². The minimum atomic E-state index is 0.0490. The van der Waals surface area contributed by atoms with E-state index in [1.165, 1.54) is 6.08 Å². The molecule has 1 amide bonds. The largest absolute Gasteiger partial charge is 0.334 e. The van der Waals surface area contributed by atoms with Crippen LogP contribution in [0.5, 0.6) is 0 Å². The molecule has 0 radical (unpaired) electrons. The van der Waals surface area contributed by atoms with Crippen LogP contribution in [0.4, 0.5) is 0 Å². The van der Waals surface area contributed by atoms with Crippen LogP contribution >= 0.6 is 0 Å². The van der Waals surface area contributed by atoms with Crippen molar-refractivity contribution >= 4 is 5.91 Å². The third-order valence-electron chi connectivity index (χ3n) is 3.31. The maximum atomic E-state index is 11.7. The van der Waals surface area contributed by atoms with Gasteiger partial charge in [-0.25, -0.2) is 0 Å². The summed E-state index contributed by atoms with van der Waals surface area (Å²) in [5, 5.41) is 0. The van der Waals surface area contributed by atoms with Gasteiger partial charge in [-0.2, -0.15) is 0 Å². The number of amides is 1. The van der Waals surface area contributed by atoms with E-state index < -0.39 is 0 Å². The first-order valence-electron chi connectivity index (χ1n) is 5.97. The topological polar surface area (TPSA) is 23.6 Å². The lowest BCUT2D eigenvalue weighted by molar-refractivity contribution is -0.133. The molecule has 92 valence electrons. The number of nitrogens with zero attached hydrogens (tertiary/aromatic N) is 2. The van der Waals surface area contributed by atoms with E-state index in [1.54, 1.807) is 0 Å². The van der Waals surface area contributed by atoms with Crippen LogP contribution in [0, 0.1) is 0 Å². The number of piperazine rings is 1. The van der Waals surface area contributed by atoms with E-state index >= 15 is 0 Å². The van der Waals surface area contributed by atoms with Gasteiger partial charge in [0.05, 0.1) is 0 Å². The van der Waals surface area contributed by atoms with Crippen molar-refractivity contribution in [3.63, 3.8) is 0 Å². The van der Waals surface area contributed by atoms with E-state index in [-0.39, 0.29) is 17.5 Å². The number of hydrogen-bond donors (Lipinski definition) is 0. The lowest BCUT2D eigenvalue weighted by Gasteiger charge is -2.49. The molecule has 0 aromatic carbocycles. The van der Waals surface area contributed by atoms with Crippen molar-refractivity contribution in [2.24, 2.45) is 0 Å². The van der Waals surface area contributed by atoms with Crippen molar-refractivity contribution in [1.29, 1.82) is 0 Å². The van der Waals surface area contributed by atoms with Crippen molar-refractivity contribution in [2.45, 2.75) is 52.2 Å². The van der Waals surface area contributed by atoms with Gasteiger partial charge >= 0.3 is 0 Å². The first kappa shape index (κ1) is 13.2. The Morgan fingerprint density at radius 1 is 1.25 bits per heavy atom. The van der Waals surface area contributed by atoms with Crippen LogP contribution in [-0.2, 0) is 4.79 Å². The zero-order valence-corrected chi connectivity index (χ0v) is 11.2. The maximum absolute atomic E-state index is 11.7. The summed E-state index contributed by atoms with van der Waals surface area (Å²) in [6, 6.07) is 0.668. The summed E-state index contributed by atoms with van der Waals surface area (Å²) in [5.41, 5.74) is 0.164. The van der Waals surface area contributed by atoms with E-state index in [0.29, 0.717) is 6.04 Å². The molecule has 0 saturated carbocycles. The Morgan fingerprint density at radius 3 is 2.25 bits per heavy atom. The average Bonchev–Trinajstić information content (AvgIpc) is 2.18. The molecule has 1 fully saturated rings. The highest BCUT2D eigenvalue weighted by molar-refractivity contribution is 5.87. The Morgan fingerprint density at radius 2 is 1.81 bits per heavy atom. The minimum Gasteiger partial charge on any atom is -0.334 e. The van der Waals surface area contributed by atoms with E-state index in [4.69, 9.17) is 0 Å². The summed E-state index contributed by atoms with van der Waals surface area (Å²) in [7, 11) is 0. The van der Waals surface area contributed by atoms with Crippen molar-refractivity contribution in [3.8, 4) is 0 Å². The Kier molecular flexibility index (Phi) is 3.79. The molecule has 1 aliphatic rings. The van der Waals surface area contributed by atoms with Gasteiger partial charge in [0, 0.05) is 30.7 Å². The molecule has 0 N–H and O–H groups in total. The summed E-state index contributed by atoms with van der Waals surface area (Å²) in [6.45, 7) is 16.2. The highest BCUT2D eigenvalue weighted by atomic mass is 16.2.